The van der Waals surface area contributed by atoms with Crippen LogP contribution >= 0.6 is 0 Å². The molecule has 0 bridgehead atoms. The van der Waals surface area contributed by atoms with Gasteiger partial charge in [-0.25, -0.2) is 4.39 Å². The van der Waals surface area contributed by atoms with Gasteiger partial charge < -0.3 is 19.9 Å². The number of aliphatic hydroxyl groups is 1. The summed E-state index contributed by atoms with van der Waals surface area (Å²) in [6.07, 6.45) is 1.80. The lowest BCUT2D eigenvalue weighted by atomic mass is 9.94. The van der Waals surface area contributed by atoms with Crippen molar-refractivity contribution in [2.45, 2.75) is 69.2 Å². The fourth-order valence-electron chi connectivity index (χ4n) is 5.90. The molecule has 0 aliphatic carbocycles. The molecule has 5 rings (SSSR count). The van der Waals surface area contributed by atoms with Crippen molar-refractivity contribution in [2.24, 2.45) is 0 Å². The minimum Gasteiger partial charge on any atom is -0.389 e. The second-order valence-electron chi connectivity index (χ2n) is 10.6. The highest BCUT2D eigenvalue weighted by Crippen LogP contribution is 2.29. The smallest absolute Gasteiger partial charge is 0.222 e. The molecule has 3 aliphatic heterocycles. The van der Waals surface area contributed by atoms with Gasteiger partial charge in [-0.2, -0.15) is 0 Å². The molecule has 0 spiro atoms. The average Bonchev–Trinajstić information content (AvgIpc) is 3.31. The lowest BCUT2D eigenvalue weighted by molar-refractivity contribution is -0.158. The number of likely N-dealkylation sites (tertiary alicyclic amines) is 1. The Morgan fingerprint density at radius 3 is 2.65 bits per heavy atom. The molecule has 3 heterocycles. The molecule has 2 aromatic carbocycles. The van der Waals surface area contributed by atoms with E-state index in [0.29, 0.717) is 31.7 Å². The predicted molar refractivity (Wildman–Crippen MR) is 138 cm³/mol. The predicted octanol–water partition coefficient (Wildman–Crippen LogP) is 2.72. The molecule has 1 amide bonds. The summed E-state index contributed by atoms with van der Waals surface area (Å²) in [6.45, 7) is 4.10. The van der Waals surface area contributed by atoms with Crippen molar-refractivity contribution >= 4 is 5.91 Å². The summed E-state index contributed by atoms with van der Waals surface area (Å²) >= 11 is 0. The van der Waals surface area contributed by atoms with Crippen molar-refractivity contribution in [3.05, 3.63) is 71.5 Å². The number of rotatable bonds is 7. The summed E-state index contributed by atoms with van der Waals surface area (Å²) in [5, 5.41) is 13.6. The van der Waals surface area contributed by atoms with Gasteiger partial charge >= 0.3 is 0 Å². The molecule has 0 saturated carbocycles. The summed E-state index contributed by atoms with van der Waals surface area (Å²) in [4.78, 5) is 17.4. The van der Waals surface area contributed by atoms with Crippen molar-refractivity contribution < 1.29 is 23.8 Å². The maximum Gasteiger partial charge on any atom is 0.222 e. The summed E-state index contributed by atoms with van der Waals surface area (Å²) in [5.74, 6) is -0.215. The molecule has 3 fully saturated rings. The number of aliphatic hydroxyl groups excluding tert-OH is 1. The number of nitrogens with one attached hydrogen (secondary N) is 1. The Morgan fingerprint density at radius 2 is 1.81 bits per heavy atom. The van der Waals surface area contributed by atoms with E-state index in [-0.39, 0.29) is 42.6 Å². The SMILES string of the molecule is O=C(C[C@@H]1CC[C@@H]2[C@H](COC[C@H](O)CN2Cc2ccccc2F)O1)N[C@H]1CCN(Cc2ccccc2)C1. The quantitative estimate of drug-likeness (QED) is 0.596. The number of halogens is 1. The van der Waals surface area contributed by atoms with Crippen LogP contribution < -0.4 is 5.32 Å². The van der Waals surface area contributed by atoms with Gasteiger partial charge in [-0.05, 0) is 30.9 Å². The first-order chi connectivity index (χ1) is 18.0. The number of hydrogen-bond acceptors (Lipinski definition) is 6. The average molecular weight is 512 g/mol. The van der Waals surface area contributed by atoms with Crippen LogP contribution in [-0.4, -0.2) is 84.1 Å². The van der Waals surface area contributed by atoms with Crippen LogP contribution in [0.4, 0.5) is 4.39 Å². The topological polar surface area (TPSA) is 74.3 Å². The number of ether oxygens (including phenoxy) is 2. The molecular weight excluding hydrogens is 473 g/mol. The Morgan fingerprint density at radius 1 is 1.00 bits per heavy atom. The largest absolute Gasteiger partial charge is 0.389 e. The van der Waals surface area contributed by atoms with Gasteiger partial charge in [-0.1, -0.05) is 48.5 Å². The van der Waals surface area contributed by atoms with Crippen LogP contribution in [-0.2, 0) is 27.4 Å². The Hall–Kier alpha value is -2.36. The molecule has 2 aromatic rings. The zero-order valence-electron chi connectivity index (χ0n) is 21.3. The fourth-order valence-corrected chi connectivity index (χ4v) is 5.90. The monoisotopic (exact) mass is 511 g/mol. The zero-order chi connectivity index (χ0) is 25.6. The van der Waals surface area contributed by atoms with Crippen LogP contribution in [0.1, 0.15) is 36.8 Å². The van der Waals surface area contributed by atoms with Crippen LogP contribution in [0.3, 0.4) is 0 Å². The number of fused-ring (bicyclic) bond motifs is 1. The maximum absolute atomic E-state index is 14.4. The van der Waals surface area contributed by atoms with Crippen molar-refractivity contribution in [2.75, 3.05) is 32.8 Å². The number of β-amino-alcohol motifs (C(OH)–C–C–N with tert-alkyl or cyclic N) is 1. The molecule has 8 heteroatoms. The molecule has 200 valence electrons. The number of hydrogen-bond donors (Lipinski definition) is 2. The second-order valence-corrected chi connectivity index (χ2v) is 10.6. The summed E-state index contributed by atoms with van der Waals surface area (Å²) in [6, 6.07) is 17.3. The zero-order valence-corrected chi connectivity index (χ0v) is 21.3. The van der Waals surface area contributed by atoms with Gasteiger partial charge in [0, 0.05) is 50.4 Å². The Kier molecular flexibility index (Phi) is 8.84. The third-order valence-corrected chi connectivity index (χ3v) is 7.72. The van der Waals surface area contributed by atoms with Gasteiger partial charge in [0.05, 0.1) is 37.9 Å². The molecule has 0 radical (unpaired) electrons. The van der Waals surface area contributed by atoms with E-state index in [4.69, 9.17) is 9.47 Å². The minimum absolute atomic E-state index is 0.00440. The van der Waals surface area contributed by atoms with Crippen LogP contribution in [0.25, 0.3) is 0 Å². The molecule has 37 heavy (non-hydrogen) atoms. The summed E-state index contributed by atoms with van der Waals surface area (Å²) in [5.41, 5.74) is 1.90. The number of carbonyl (C=O) groups excluding carboxylic acids is 1. The lowest BCUT2D eigenvalue weighted by Gasteiger charge is -2.44. The van der Waals surface area contributed by atoms with Crippen LogP contribution in [0, 0.1) is 5.82 Å². The number of benzene rings is 2. The second kappa shape index (κ2) is 12.5. The molecule has 0 unspecified atom stereocenters. The molecule has 3 aliphatic rings. The third kappa shape index (κ3) is 7.15. The van der Waals surface area contributed by atoms with Crippen molar-refractivity contribution in [3.63, 3.8) is 0 Å². The first kappa shape index (κ1) is 26.3. The van der Waals surface area contributed by atoms with Gasteiger partial charge in [0.25, 0.3) is 0 Å². The standard InChI is InChI=1S/C29H38FN3O4/c30-26-9-5-4-8-22(26)16-33-18-24(34)19-36-20-28-27(33)11-10-25(37-28)14-29(35)31-23-12-13-32(17-23)15-21-6-2-1-3-7-21/h1-9,23-25,27-28,34H,10-20H2,(H,31,35)/t23-,24+,25-,27+,28-/m0/s1. The number of carbonyl (C=O) groups is 1. The third-order valence-electron chi connectivity index (χ3n) is 7.72. The molecule has 2 N–H and O–H groups in total. The van der Waals surface area contributed by atoms with E-state index in [9.17, 15) is 14.3 Å². The summed E-state index contributed by atoms with van der Waals surface area (Å²) in [7, 11) is 0. The van der Waals surface area contributed by atoms with E-state index in [1.54, 1.807) is 12.1 Å². The Bertz CT molecular complexity index is 1030. The normalized spacial score (nSPS) is 29.3. The van der Waals surface area contributed by atoms with Crippen molar-refractivity contribution in [3.8, 4) is 0 Å². The highest BCUT2D eigenvalue weighted by atomic mass is 19.1. The van der Waals surface area contributed by atoms with E-state index in [1.807, 2.05) is 12.1 Å². The highest BCUT2D eigenvalue weighted by Gasteiger charge is 2.38. The molecule has 3 saturated heterocycles. The van der Waals surface area contributed by atoms with Gasteiger partial charge in [-0.15, -0.1) is 0 Å². The van der Waals surface area contributed by atoms with Gasteiger partial charge in [0.2, 0.25) is 5.91 Å². The molecular formula is C29H38FN3O4. The first-order valence-electron chi connectivity index (χ1n) is 13.5. The number of nitrogens with zero attached hydrogens (tertiary/aromatic N) is 2. The Labute approximate surface area is 218 Å². The van der Waals surface area contributed by atoms with E-state index in [2.05, 4.69) is 39.4 Å². The summed E-state index contributed by atoms with van der Waals surface area (Å²) < 4.78 is 26.5. The molecule has 7 nitrogen and oxygen atoms in total. The van der Waals surface area contributed by atoms with Crippen LogP contribution in [0.15, 0.2) is 54.6 Å². The maximum atomic E-state index is 14.4. The van der Waals surface area contributed by atoms with E-state index >= 15 is 0 Å². The number of amides is 1. The van der Waals surface area contributed by atoms with E-state index in [1.165, 1.54) is 11.6 Å². The van der Waals surface area contributed by atoms with Gasteiger partial charge in [0.1, 0.15) is 5.82 Å². The van der Waals surface area contributed by atoms with Crippen molar-refractivity contribution in [1.82, 2.24) is 15.1 Å². The van der Waals surface area contributed by atoms with E-state index < -0.39 is 6.10 Å². The van der Waals surface area contributed by atoms with Gasteiger partial charge in [-0.3, -0.25) is 14.6 Å². The van der Waals surface area contributed by atoms with Gasteiger partial charge in [0.15, 0.2) is 0 Å². The lowest BCUT2D eigenvalue weighted by Crippen LogP contribution is -2.55. The first-order valence-corrected chi connectivity index (χ1v) is 13.5. The molecule has 0 aromatic heterocycles. The minimum atomic E-state index is -0.635. The Balaban J connectivity index is 1.13. The molecule has 5 atom stereocenters. The van der Waals surface area contributed by atoms with Crippen LogP contribution in [0.5, 0.6) is 0 Å². The van der Waals surface area contributed by atoms with Crippen molar-refractivity contribution in [1.29, 1.82) is 0 Å². The highest BCUT2D eigenvalue weighted by molar-refractivity contribution is 5.76. The fraction of sp³-hybridized carbons (Fsp3) is 0.552. The van der Waals surface area contributed by atoms with Crippen LogP contribution in [0.2, 0.25) is 0 Å². The van der Waals surface area contributed by atoms with E-state index in [0.717, 1.165) is 38.9 Å².